The lowest BCUT2D eigenvalue weighted by atomic mass is 10.1. The van der Waals surface area contributed by atoms with Crippen LogP contribution in [0, 0.1) is 0 Å². The van der Waals surface area contributed by atoms with Crippen molar-refractivity contribution in [2.75, 3.05) is 38.2 Å². The number of nitrogens with one attached hydrogen (secondary N) is 3. The second kappa shape index (κ2) is 11.1. The summed E-state index contributed by atoms with van der Waals surface area (Å²) in [6, 6.07) is 5.59. The van der Waals surface area contributed by atoms with E-state index in [0.717, 1.165) is 6.54 Å². The van der Waals surface area contributed by atoms with Crippen LogP contribution in [0.5, 0.6) is 5.75 Å². The van der Waals surface area contributed by atoms with E-state index < -0.39 is 0 Å². The van der Waals surface area contributed by atoms with Crippen LogP contribution in [0.25, 0.3) is 0 Å². The minimum Gasteiger partial charge on any atom is -0.495 e. The Balaban J connectivity index is 0.00000280. The Hall–Kier alpha value is -1.99. The van der Waals surface area contributed by atoms with Gasteiger partial charge >= 0.3 is 6.03 Å². The molecule has 0 unspecified atom stereocenters. The predicted octanol–water partition coefficient (Wildman–Crippen LogP) is 2.69. The molecule has 0 aromatic heterocycles. The quantitative estimate of drug-likeness (QED) is 0.476. The van der Waals surface area contributed by atoms with Crippen LogP contribution < -0.4 is 25.6 Å². The molecular formula is C20H31ClN4O3. The molecule has 0 atom stereocenters. The van der Waals surface area contributed by atoms with Crippen molar-refractivity contribution in [3.05, 3.63) is 23.8 Å². The van der Waals surface area contributed by atoms with Gasteiger partial charge in [-0.3, -0.25) is 9.69 Å². The van der Waals surface area contributed by atoms with E-state index in [1.807, 2.05) is 0 Å². The predicted molar refractivity (Wildman–Crippen MR) is 113 cm³/mol. The van der Waals surface area contributed by atoms with Gasteiger partial charge in [-0.1, -0.05) is 25.7 Å². The van der Waals surface area contributed by atoms with Gasteiger partial charge in [0.1, 0.15) is 5.75 Å². The van der Waals surface area contributed by atoms with E-state index in [1.165, 1.54) is 38.5 Å². The average molecular weight is 411 g/mol. The number of rotatable bonds is 7. The van der Waals surface area contributed by atoms with Gasteiger partial charge in [0.2, 0.25) is 0 Å². The summed E-state index contributed by atoms with van der Waals surface area (Å²) in [6.45, 7) is 2.51. The molecule has 1 saturated heterocycles. The second-order valence-electron chi connectivity index (χ2n) is 7.17. The summed E-state index contributed by atoms with van der Waals surface area (Å²) in [4.78, 5) is 26.1. The van der Waals surface area contributed by atoms with Crippen molar-refractivity contribution in [3.63, 3.8) is 0 Å². The van der Waals surface area contributed by atoms with E-state index >= 15 is 0 Å². The first-order valence-electron chi connectivity index (χ1n) is 9.94. The van der Waals surface area contributed by atoms with Crippen molar-refractivity contribution in [2.45, 2.75) is 44.6 Å². The lowest BCUT2D eigenvalue weighted by Gasteiger charge is -2.19. The molecule has 0 bridgehead atoms. The smallest absolute Gasteiger partial charge is 0.322 e. The van der Waals surface area contributed by atoms with Gasteiger partial charge < -0.3 is 20.7 Å². The van der Waals surface area contributed by atoms with Gasteiger partial charge in [0.05, 0.1) is 12.8 Å². The normalized spacial score (nSPS) is 17.5. The van der Waals surface area contributed by atoms with E-state index in [1.54, 1.807) is 30.2 Å². The topological polar surface area (TPSA) is 82.7 Å². The highest BCUT2D eigenvalue weighted by atomic mass is 35.5. The third kappa shape index (κ3) is 5.75. The lowest BCUT2D eigenvalue weighted by molar-refractivity contribution is 0.0953. The van der Waals surface area contributed by atoms with Gasteiger partial charge in [0.15, 0.2) is 0 Å². The van der Waals surface area contributed by atoms with Crippen molar-refractivity contribution < 1.29 is 14.3 Å². The van der Waals surface area contributed by atoms with E-state index in [-0.39, 0.29) is 24.3 Å². The van der Waals surface area contributed by atoms with Crippen molar-refractivity contribution in [2.24, 2.45) is 0 Å². The molecule has 1 aliphatic carbocycles. The van der Waals surface area contributed by atoms with Crippen LogP contribution in [-0.2, 0) is 0 Å². The van der Waals surface area contributed by atoms with Gasteiger partial charge in [0.25, 0.3) is 5.91 Å². The zero-order chi connectivity index (χ0) is 19.1. The maximum absolute atomic E-state index is 12.5. The van der Waals surface area contributed by atoms with Crippen molar-refractivity contribution in [1.29, 1.82) is 0 Å². The number of carbonyl (C=O) groups is 2. The van der Waals surface area contributed by atoms with E-state index in [0.29, 0.717) is 42.7 Å². The van der Waals surface area contributed by atoms with Gasteiger partial charge in [-0.2, -0.15) is 0 Å². The number of carbonyl (C=O) groups excluding carboxylic acids is 2. The van der Waals surface area contributed by atoms with Crippen molar-refractivity contribution in [3.8, 4) is 5.75 Å². The highest BCUT2D eigenvalue weighted by molar-refractivity contribution is 5.99. The molecular weight excluding hydrogens is 380 g/mol. The number of hydrogen-bond acceptors (Lipinski definition) is 4. The van der Waals surface area contributed by atoms with Crippen molar-refractivity contribution in [1.82, 2.24) is 16.0 Å². The van der Waals surface area contributed by atoms with Crippen LogP contribution >= 0.6 is 12.4 Å². The fourth-order valence-corrected chi connectivity index (χ4v) is 3.78. The molecule has 156 valence electrons. The molecule has 28 heavy (non-hydrogen) atoms. The van der Waals surface area contributed by atoms with Gasteiger partial charge in [0, 0.05) is 37.8 Å². The Labute approximate surface area is 173 Å². The number of methoxy groups -OCH3 is 1. The third-order valence-corrected chi connectivity index (χ3v) is 5.29. The number of amides is 3. The Morgan fingerprint density at radius 2 is 1.96 bits per heavy atom. The SMILES string of the molecule is COc1ccc(C(=O)NCCNC2CCCCCC2)cc1N1CCNC1=O.Cl. The molecule has 0 spiro atoms. The molecule has 1 aromatic carbocycles. The fourth-order valence-electron chi connectivity index (χ4n) is 3.78. The van der Waals surface area contributed by atoms with Gasteiger partial charge in [-0.25, -0.2) is 4.79 Å². The number of ether oxygens (including phenoxy) is 1. The van der Waals surface area contributed by atoms with Crippen LogP contribution in [0.2, 0.25) is 0 Å². The third-order valence-electron chi connectivity index (χ3n) is 5.29. The first kappa shape index (κ1) is 22.3. The minimum absolute atomic E-state index is 0. The number of hydrogen-bond donors (Lipinski definition) is 3. The van der Waals surface area contributed by atoms with E-state index in [2.05, 4.69) is 16.0 Å². The molecule has 2 fully saturated rings. The molecule has 0 radical (unpaired) electrons. The van der Waals surface area contributed by atoms with Crippen molar-refractivity contribution >= 4 is 30.0 Å². The van der Waals surface area contributed by atoms with Crippen LogP contribution in [0.4, 0.5) is 10.5 Å². The molecule has 3 N–H and O–H groups in total. The number of urea groups is 1. The van der Waals surface area contributed by atoms with E-state index in [9.17, 15) is 9.59 Å². The average Bonchev–Trinajstić information content (AvgIpc) is 2.95. The molecule has 1 saturated carbocycles. The first-order valence-corrected chi connectivity index (χ1v) is 9.94. The summed E-state index contributed by atoms with van der Waals surface area (Å²) in [5, 5.41) is 9.28. The van der Waals surface area contributed by atoms with Crippen LogP contribution in [-0.4, -0.2) is 51.3 Å². The number of benzene rings is 1. The van der Waals surface area contributed by atoms with Crippen LogP contribution in [0.3, 0.4) is 0 Å². The number of nitrogens with zero attached hydrogens (tertiary/aromatic N) is 1. The standard InChI is InChI=1S/C20H30N4O3.ClH/c1-27-18-9-8-15(14-17(18)24-13-12-23-20(24)26)19(25)22-11-10-21-16-6-4-2-3-5-7-16;/h8-9,14,16,21H,2-7,10-13H2,1H3,(H,22,25)(H,23,26);1H. The molecule has 2 aliphatic rings. The van der Waals surface area contributed by atoms with Crippen LogP contribution in [0.1, 0.15) is 48.9 Å². The fraction of sp³-hybridized carbons (Fsp3) is 0.600. The highest BCUT2D eigenvalue weighted by Crippen LogP contribution is 2.30. The molecule has 8 heteroatoms. The van der Waals surface area contributed by atoms with E-state index in [4.69, 9.17) is 4.74 Å². The Kier molecular flexibility index (Phi) is 8.86. The molecule has 1 aliphatic heterocycles. The second-order valence-corrected chi connectivity index (χ2v) is 7.17. The van der Waals surface area contributed by atoms with Gasteiger partial charge in [-0.15, -0.1) is 12.4 Å². The number of anilines is 1. The highest BCUT2D eigenvalue weighted by Gasteiger charge is 2.25. The maximum Gasteiger partial charge on any atom is 0.322 e. The zero-order valence-corrected chi connectivity index (χ0v) is 17.3. The molecule has 1 aromatic rings. The number of halogens is 1. The summed E-state index contributed by atoms with van der Waals surface area (Å²) in [6.07, 6.45) is 7.72. The maximum atomic E-state index is 12.5. The first-order chi connectivity index (χ1) is 13.2. The summed E-state index contributed by atoms with van der Waals surface area (Å²) in [5.41, 5.74) is 1.15. The molecule has 7 nitrogen and oxygen atoms in total. The summed E-state index contributed by atoms with van der Waals surface area (Å²) >= 11 is 0. The Bertz CT molecular complexity index is 663. The molecule has 3 rings (SSSR count). The Morgan fingerprint density at radius 3 is 2.61 bits per heavy atom. The largest absolute Gasteiger partial charge is 0.495 e. The summed E-state index contributed by atoms with van der Waals surface area (Å²) in [7, 11) is 1.56. The summed E-state index contributed by atoms with van der Waals surface area (Å²) < 4.78 is 5.35. The monoisotopic (exact) mass is 410 g/mol. The Morgan fingerprint density at radius 1 is 1.21 bits per heavy atom. The van der Waals surface area contributed by atoms with Gasteiger partial charge in [-0.05, 0) is 31.0 Å². The molecule has 1 heterocycles. The molecule has 3 amide bonds. The minimum atomic E-state index is -0.168. The summed E-state index contributed by atoms with van der Waals surface area (Å²) in [5.74, 6) is 0.444. The lowest BCUT2D eigenvalue weighted by Crippen LogP contribution is -2.37. The van der Waals surface area contributed by atoms with Crippen LogP contribution in [0.15, 0.2) is 18.2 Å². The zero-order valence-electron chi connectivity index (χ0n) is 16.5.